The SMILES string of the molecule is COC1CCN(C(=O)c2ccc(C#CCCO)cc2)C1. The summed E-state index contributed by atoms with van der Waals surface area (Å²) < 4.78 is 5.27. The monoisotopic (exact) mass is 273 g/mol. The van der Waals surface area contributed by atoms with Gasteiger partial charge < -0.3 is 14.7 Å². The molecule has 1 N–H and O–H groups in total. The van der Waals surface area contributed by atoms with Crippen LogP contribution in [0.15, 0.2) is 24.3 Å². The minimum absolute atomic E-state index is 0.0411. The van der Waals surface area contributed by atoms with E-state index in [1.54, 1.807) is 19.2 Å². The largest absolute Gasteiger partial charge is 0.395 e. The Balaban J connectivity index is 2.00. The fraction of sp³-hybridized carbons (Fsp3) is 0.438. The van der Waals surface area contributed by atoms with Crippen LogP contribution in [0.4, 0.5) is 0 Å². The van der Waals surface area contributed by atoms with Gasteiger partial charge in [0.05, 0.1) is 12.7 Å². The summed E-state index contributed by atoms with van der Waals surface area (Å²) in [5, 5.41) is 8.66. The maximum absolute atomic E-state index is 12.3. The lowest BCUT2D eigenvalue weighted by atomic mass is 10.1. The zero-order chi connectivity index (χ0) is 14.4. The highest BCUT2D eigenvalue weighted by Crippen LogP contribution is 2.15. The van der Waals surface area contributed by atoms with E-state index < -0.39 is 0 Å². The highest BCUT2D eigenvalue weighted by atomic mass is 16.5. The quantitative estimate of drug-likeness (QED) is 0.844. The first kappa shape index (κ1) is 14.6. The van der Waals surface area contributed by atoms with Crippen LogP contribution in [0.5, 0.6) is 0 Å². The fourth-order valence-electron chi connectivity index (χ4n) is 2.20. The maximum atomic E-state index is 12.3. The molecule has 20 heavy (non-hydrogen) atoms. The first-order chi connectivity index (χ1) is 9.74. The molecule has 1 atom stereocenters. The van der Waals surface area contributed by atoms with E-state index in [4.69, 9.17) is 9.84 Å². The number of carbonyl (C=O) groups excluding carboxylic acids is 1. The summed E-state index contributed by atoms with van der Waals surface area (Å²) in [6.07, 6.45) is 1.52. The molecule has 1 aromatic rings. The second kappa shape index (κ2) is 7.09. The fourth-order valence-corrected chi connectivity index (χ4v) is 2.20. The number of hydrogen-bond donors (Lipinski definition) is 1. The average Bonchev–Trinajstić information content (AvgIpc) is 2.96. The van der Waals surface area contributed by atoms with Crippen LogP contribution in [0.3, 0.4) is 0 Å². The van der Waals surface area contributed by atoms with Gasteiger partial charge in [-0.05, 0) is 30.7 Å². The molecule has 0 aromatic heterocycles. The molecule has 4 heteroatoms. The standard InChI is InChI=1S/C16H19NO3/c1-20-15-9-10-17(12-15)16(19)14-7-5-13(6-8-14)4-2-3-11-18/h5-8,15,18H,3,9-12H2,1H3. The molecule has 0 saturated carbocycles. The number of benzene rings is 1. The molecule has 1 aliphatic rings. The van der Waals surface area contributed by atoms with Gasteiger partial charge in [0.25, 0.3) is 5.91 Å². The Morgan fingerprint density at radius 1 is 1.45 bits per heavy atom. The van der Waals surface area contributed by atoms with E-state index in [0.29, 0.717) is 18.5 Å². The third-order valence-corrected chi connectivity index (χ3v) is 3.37. The molecule has 0 radical (unpaired) electrons. The molecule has 1 aromatic carbocycles. The summed E-state index contributed by atoms with van der Waals surface area (Å²) in [5.41, 5.74) is 1.53. The summed E-state index contributed by atoms with van der Waals surface area (Å²) in [5.74, 6) is 5.84. The predicted octanol–water partition coefficient (Wildman–Crippen LogP) is 1.28. The molecule has 2 rings (SSSR count). The number of nitrogens with zero attached hydrogens (tertiary/aromatic N) is 1. The number of carbonyl (C=O) groups is 1. The van der Waals surface area contributed by atoms with Crippen molar-refractivity contribution < 1.29 is 14.6 Å². The molecule has 0 bridgehead atoms. The Morgan fingerprint density at radius 3 is 2.80 bits per heavy atom. The van der Waals surface area contributed by atoms with Crippen molar-refractivity contribution >= 4 is 5.91 Å². The minimum Gasteiger partial charge on any atom is -0.395 e. The van der Waals surface area contributed by atoms with Crippen molar-refractivity contribution in [2.75, 3.05) is 26.8 Å². The second-order valence-corrected chi connectivity index (χ2v) is 4.75. The van der Waals surface area contributed by atoms with E-state index in [9.17, 15) is 4.79 Å². The average molecular weight is 273 g/mol. The van der Waals surface area contributed by atoms with Gasteiger partial charge in [-0.3, -0.25) is 4.79 Å². The van der Waals surface area contributed by atoms with E-state index in [1.807, 2.05) is 17.0 Å². The molecule has 1 unspecified atom stereocenters. The molecule has 4 nitrogen and oxygen atoms in total. The van der Waals surface area contributed by atoms with Crippen LogP contribution < -0.4 is 0 Å². The first-order valence-electron chi connectivity index (χ1n) is 6.76. The van der Waals surface area contributed by atoms with Gasteiger partial charge in [-0.25, -0.2) is 0 Å². The van der Waals surface area contributed by atoms with Crippen LogP contribution >= 0.6 is 0 Å². The lowest BCUT2D eigenvalue weighted by Gasteiger charge is -2.16. The molecular formula is C16H19NO3. The molecule has 0 spiro atoms. The molecule has 1 amide bonds. The van der Waals surface area contributed by atoms with E-state index >= 15 is 0 Å². The van der Waals surface area contributed by atoms with Crippen molar-refractivity contribution in [3.63, 3.8) is 0 Å². The first-order valence-corrected chi connectivity index (χ1v) is 6.76. The third kappa shape index (κ3) is 3.60. The number of ether oxygens (including phenoxy) is 1. The molecular weight excluding hydrogens is 254 g/mol. The molecule has 1 aliphatic heterocycles. The molecule has 1 heterocycles. The Labute approximate surface area is 119 Å². The smallest absolute Gasteiger partial charge is 0.253 e. The highest BCUT2D eigenvalue weighted by Gasteiger charge is 2.26. The molecule has 1 fully saturated rings. The van der Waals surface area contributed by atoms with Crippen LogP contribution in [-0.2, 0) is 4.74 Å². The Kier molecular flexibility index (Phi) is 5.16. The number of likely N-dealkylation sites (tertiary alicyclic amines) is 1. The van der Waals surface area contributed by atoms with Gasteiger partial charge in [-0.1, -0.05) is 11.8 Å². The summed E-state index contributed by atoms with van der Waals surface area (Å²) in [6.45, 7) is 1.47. The number of rotatable bonds is 3. The number of amides is 1. The van der Waals surface area contributed by atoms with Crippen LogP contribution in [0, 0.1) is 11.8 Å². The van der Waals surface area contributed by atoms with Gasteiger partial charge >= 0.3 is 0 Å². The van der Waals surface area contributed by atoms with E-state index in [2.05, 4.69) is 11.8 Å². The van der Waals surface area contributed by atoms with Crippen molar-refractivity contribution in [2.24, 2.45) is 0 Å². The van der Waals surface area contributed by atoms with Gasteiger partial charge in [0, 0.05) is 37.7 Å². The normalized spacial score (nSPS) is 17.7. The van der Waals surface area contributed by atoms with Gasteiger partial charge in [0.1, 0.15) is 0 Å². The van der Waals surface area contributed by atoms with Crippen molar-refractivity contribution in [2.45, 2.75) is 18.9 Å². The van der Waals surface area contributed by atoms with Crippen molar-refractivity contribution in [1.29, 1.82) is 0 Å². The number of aliphatic hydroxyl groups is 1. The van der Waals surface area contributed by atoms with E-state index in [-0.39, 0.29) is 18.6 Å². The maximum Gasteiger partial charge on any atom is 0.253 e. The highest BCUT2D eigenvalue weighted by molar-refractivity contribution is 5.94. The summed E-state index contributed by atoms with van der Waals surface area (Å²) >= 11 is 0. The van der Waals surface area contributed by atoms with Crippen LogP contribution in [0.1, 0.15) is 28.8 Å². The minimum atomic E-state index is 0.0411. The third-order valence-electron chi connectivity index (χ3n) is 3.37. The predicted molar refractivity (Wildman–Crippen MR) is 76.3 cm³/mol. The topological polar surface area (TPSA) is 49.8 Å². The number of aliphatic hydroxyl groups excluding tert-OH is 1. The van der Waals surface area contributed by atoms with Crippen molar-refractivity contribution in [1.82, 2.24) is 4.90 Å². The molecule has 0 aliphatic carbocycles. The summed E-state index contributed by atoms with van der Waals surface area (Å²) in [4.78, 5) is 14.1. The Bertz CT molecular complexity index is 513. The Morgan fingerprint density at radius 2 is 2.20 bits per heavy atom. The van der Waals surface area contributed by atoms with Crippen LogP contribution in [0.25, 0.3) is 0 Å². The zero-order valence-electron chi connectivity index (χ0n) is 11.6. The van der Waals surface area contributed by atoms with Gasteiger partial charge in [0.15, 0.2) is 0 Å². The Hall–Kier alpha value is -1.83. The van der Waals surface area contributed by atoms with E-state index in [0.717, 1.165) is 18.5 Å². The van der Waals surface area contributed by atoms with Crippen molar-refractivity contribution in [3.05, 3.63) is 35.4 Å². The number of hydrogen-bond acceptors (Lipinski definition) is 3. The van der Waals surface area contributed by atoms with E-state index in [1.165, 1.54) is 0 Å². The zero-order valence-corrected chi connectivity index (χ0v) is 11.6. The van der Waals surface area contributed by atoms with Crippen LogP contribution in [0.2, 0.25) is 0 Å². The molecule has 106 valence electrons. The number of methoxy groups -OCH3 is 1. The van der Waals surface area contributed by atoms with Crippen LogP contribution in [-0.4, -0.2) is 48.8 Å². The lowest BCUT2D eigenvalue weighted by molar-refractivity contribution is 0.0724. The van der Waals surface area contributed by atoms with Crippen molar-refractivity contribution in [3.8, 4) is 11.8 Å². The summed E-state index contributed by atoms with van der Waals surface area (Å²) in [7, 11) is 1.68. The van der Waals surface area contributed by atoms with Gasteiger partial charge in [-0.15, -0.1) is 0 Å². The summed E-state index contributed by atoms with van der Waals surface area (Å²) in [6, 6.07) is 7.26. The van der Waals surface area contributed by atoms with Gasteiger partial charge in [0.2, 0.25) is 0 Å². The molecule has 1 saturated heterocycles. The second-order valence-electron chi connectivity index (χ2n) is 4.75. The van der Waals surface area contributed by atoms with Gasteiger partial charge in [-0.2, -0.15) is 0 Å². The lowest BCUT2D eigenvalue weighted by Crippen LogP contribution is -2.29.